The van der Waals surface area contributed by atoms with Crippen LogP contribution in [0.2, 0.25) is 0 Å². The number of anilines is 3. The molecule has 0 fully saturated rings. The van der Waals surface area contributed by atoms with Crippen LogP contribution in [-0.4, -0.2) is 0 Å². The van der Waals surface area contributed by atoms with E-state index in [0.717, 1.165) is 50.1 Å². The van der Waals surface area contributed by atoms with E-state index in [1.54, 1.807) is 0 Å². The van der Waals surface area contributed by atoms with E-state index in [1.165, 1.54) is 76.8 Å². The third kappa shape index (κ3) is 5.86. The van der Waals surface area contributed by atoms with E-state index >= 15 is 0 Å². The molecule has 2 nitrogen and oxygen atoms in total. The van der Waals surface area contributed by atoms with Gasteiger partial charge in [-0.3, -0.25) is 0 Å². The Bertz CT molecular complexity index is 4080. The van der Waals surface area contributed by atoms with Crippen LogP contribution in [0.3, 0.4) is 0 Å². The minimum Gasteiger partial charge on any atom is -0.455 e. The number of para-hydroxylation sites is 2. The van der Waals surface area contributed by atoms with Crippen molar-refractivity contribution in [3.05, 3.63) is 283 Å². The van der Waals surface area contributed by atoms with Crippen LogP contribution in [0.25, 0.3) is 87.6 Å². The molecule has 0 aliphatic heterocycles. The molecule has 69 heavy (non-hydrogen) atoms. The van der Waals surface area contributed by atoms with Crippen molar-refractivity contribution in [3.63, 3.8) is 0 Å². The maximum absolute atomic E-state index is 6.59. The van der Waals surface area contributed by atoms with Crippen molar-refractivity contribution in [2.75, 3.05) is 4.90 Å². The van der Waals surface area contributed by atoms with Gasteiger partial charge in [-0.15, -0.1) is 0 Å². The van der Waals surface area contributed by atoms with Gasteiger partial charge in [0.25, 0.3) is 0 Å². The van der Waals surface area contributed by atoms with E-state index in [0.29, 0.717) is 0 Å². The summed E-state index contributed by atoms with van der Waals surface area (Å²) in [7, 11) is 0. The molecule has 2 heteroatoms. The normalized spacial score (nSPS) is 12.8. The van der Waals surface area contributed by atoms with Crippen molar-refractivity contribution in [2.24, 2.45) is 0 Å². The van der Waals surface area contributed by atoms with E-state index in [-0.39, 0.29) is 0 Å². The second-order valence-corrected chi connectivity index (χ2v) is 18.3. The van der Waals surface area contributed by atoms with E-state index in [1.807, 2.05) is 6.07 Å². The van der Waals surface area contributed by atoms with E-state index in [2.05, 4.69) is 260 Å². The molecule has 0 unspecified atom stereocenters. The SMILES string of the molecule is c1ccc(C2(c3ccccc3)c3ccccc3-c3ccc(N(c4ccc(-c5cccc6c5oc5ccccc56)cc4)c4c(-c5cccc6ccccc56)c5ccccc5c5ccccc45)cc32)cc1. The maximum atomic E-state index is 6.59. The van der Waals surface area contributed by atoms with Crippen LogP contribution in [0, 0.1) is 0 Å². The standard InChI is InChI=1S/C67H43NO/c1-3-21-46(22-4-1)67(47-23-5-2-6-24-47)61-35-15-13-28-54(61)55-42-41-49(43-62(55)67)68(48-39-37-45(38-40-48)51-32-18-34-60-56-29-14-16-36-63(56)69-66(51)60)65-59-31-12-10-27-53(59)52-26-9-11-30-58(52)64(65)57-33-17-20-44-19-7-8-25-50(44)57/h1-43H. The van der Waals surface area contributed by atoms with E-state index < -0.39 is 5.41 Å². The average molecular weight is 878 g/mol. The lowest BCUT2D eigenvalue weighted by Crippen LogP contribution is -2.28. The predicted molar refractivity (Wildman–Crippen MR) is 289 cm³/mol. The first kappa shape index (κ1) is 39.2. The predicted octanol–water partition coefficient (Wildman–Crippen LogP) is 18.2. The summed E-state index contributed by atoms with van der Waals surface area (Å²) in [5.41, 5.74) is 16.6. The van der Waals surface area contributed by atoms with Gasteiger partial charge in [-0.25, -0.2) is 0 Å². The van der Waals surface area contributed by atoms with Gasteiger partial charge >= 0.3 is 0 Å². The van der Waals surface area contributed by atoms with Crippen LogP contribution in [0.15, 0.2) is 265 Å². The molecule has 0 saturated heterocycles. The molecule has 12 aromatic carbocycles. The number of nitrogens with zero attached hydrogens (tertiary/aromatic N) is 1. The highest BCUT2D eigenvalue weighted by atomic mass is 16.3. The van der Waals surface area contributed by atoms with Gasteiger partial charge in [0.2, 0.25) is 0 Å². The van der Waals surface area contributed by atoms with Gasteiger partial charge in [0.05, 0.1) is 11.1 Å². The zero-order valence-electron chi connectivity index (χ0n) is 37.7. The summed E-state index contributed by atoms with van der Waals surface area (Å²) in [6.07, 6.45) is 0. The molecule has 1 aliphatic rings. The Hall–Kier alpha value is -8.98. The van der Waals surface area contributed by atoms with Crippen LogP contribution < -0.4 is 4.90 Å². The molecule has 0 radical (unpaired) electrons. The molecule has 0 atom stereocenters. The smallest absolute Gasteiger partial charge is 0.143 e. The average Bonchev–Trinajstić information content (AvgIpc) is 3.96. The van der Waals surface area contributed by atoms with Crippen molar-refractivity contribution >= 4 is 71.3 Å². The molecule has 322 valence electrons. The van der Waals surface area contributed by atoms with Gasteiger partial charge < -0.3 is 9.32 Å². The summed E-state index contributed by atoms with van der Waals surface area (Å²) < 4.78 is 6.59. The van der Waals surface area contributed by atoms with Gasteiger partial charge in [-0.05, 0) is 102 Å². The van der Waals surface area contributed by atoms with Gasteiger partial charge in [0, 0.05) is 38.7 Å². The lowest BCUT2D eigenvalue weighted by atomic mass is 9.67. The van der Waals surface area contributed by atoms with Gasteiger partial charge in [0.15, 0.2) is 0 Å². The minimum atomic E-state index is -0.574. The topological polar surface area (TPSA) is 16.4 Å². The number of rotatable bonds is 7. The molecule has 1 aromatic heterocycles. The number of furan rings is 1. The molecule has 0 N–H and O–H groups in total. The number of benzene rings is 12. The Morgan fingerprint density at radius 2 is 0.841 bits per heavy atom. The summed E-state index contributed by atoms with van der Waals surface area (Å²) in [5.74, 6) is 0. The van der Waals surface area contributed by atoms with Crippen LogP contribution in [-0.2, 0) is 5.41 Å². The Kier molecular flexibility index (Phi) is 8.84. The van der Waals surface area contributed by atoms with E-state index in [9.17, 15) is 0 Å². The first-order valence-electron chi connectivity index (χ1n) is 23.8. The van der Waals surface area contributed by atoms with Crippen LogP contribution in [0.5, 0.6) is 0 Å². The van der Waals surface area contributed by atoms with Gasteiger partial charge in [-0.2, -0.15) is 0 Å². The van der Waals surface area contributed by atoms with Crippen molar-refractivity contribution < 1.29 is 4.42 Å². The van der Waals surface area contributed by atoms with Crippen molar-refractivity contribution in [1.82, 2.24) is 0 Å². The van der Waals surface area contributed by atoms with Crippen LogP contribution >= 0.6 is 0 Å². The highest BCUT2D eigenvalue weighted by Crippen LogP contribution is 2.58. The van der Waals surface area contributed by atoms with Crippen molar-refractivity contribution in [3.8, 4) is 33.4 Å². The fourth-order valence-electron chi connectivity index (χ4n) is 11.8. The second-order valence-electron chi connectivity index (χ2n) is 18.3. The third-order valence-corrected chi connectivity index (χ3v) is 14.7. The fourth-order valence-corrected chi connectivity index (χ4v) is 11.8. The van der Waals surface area contributed by atoms with Crippen molar-refractivity contribution in [1.29, 1.82) is 0 Å². The van der Waals surface area contributed by atoms with Crippen LogP contribution in [0.1, 0.15) is 22.3 Å². The molecule has 1 heterocycles. The number of fused-ring (bicyclic) bond motifs is 10. The summed E-state index contributed by atoms with van der Waals surface area (Å²) in [5, 5.41) is 9.49. The largest absolute Gasteiger partial charge is 0.455 e. The maximum Gasteiger partial charge on any atom is 0.143 e. The Balaban J connectivity index is 1.09. The Labute approximate surface area is 400 Å². The molecule has 13 aromatic rings. The second kappa shape index (κ2) is 15.6. The molecule has 0 amide bonds. The lowest BCUT2D eigenvalue weighted by molar-refractivity contribution is 0.670. The number of hydrogen-bond donors (Lipinski definition) is 0. The molecule has 0 saturated carbocycles. The summed E-state index contributed by atoms with van der Waals surface area (Å²) in [4.78, 5) is 2.54. The highest BCUT2D eigenvalue weighted by molar-refractivity contribution is 6.24. The first-order chi connectivity index (χ1) is 34.3. The first-order valence-corrected chi connectivity index (χ1v) is 23.8. The Morgan fingerprint density at radius 1 is 0.319 bits per heavy atom. The zero-order valence-corrected chi connectivity index (χ0v) is 37.7. The highest BCUT2D eigenvalue weighted by Gasteiger charge is 2.46. The van der Waals surface area contributed by atoms with Gasteiger partial charge in [0.1, 0.15) is 11.2 Å². The van der Waals surface area contributed by atoms with Crippen molar-refractivity contribution in [2.45, 2.75) is 5.41 Å². The quantitative estimate of drug-likeness (QED) is 0.148. The monoisotopic (exact) mass is 877 g/mol. The zero-order chi connectivity index (χ0) is 45.5. The lowest BCUT2D eigenvalue weighted by Gasteiger charge is -2.35. The summed E-state index contributed by atoms with van der Waals surface area (Å²) >= 11 is 0. The van der Waals surface area contributed by atoms with Crippen LogP contribution in [0.4, 0.5) is 17.1 Å². The molecule has 0 bridgehead atoms. The fraction of sp³-hybridized carbons (Fsp3) is 0.0149. The molecule has 1 aliphatic carbocycles. The van der Waals surface area contributed by atoms with Gasteiger partial charge in [-0.1, -0.05) is 231 Å². The number of hydrogen-bond acceptors (Lipinski definition) is 2. The molecular weight excluding hydrogens is 835 g/mol. The Morgan fingerprint density at radius 3 is 1.61 bits per heavy atom. The summed E-state index contributed by atoms with van der Waals surface area (Å²) in [6.45, 7) is 0. The summed E-state index contributed by atoms with van der Waals surface area (Å²) in [6, 6.07) is 95.9. The third-order valence-electron chi connectivity index (χ3n) is 14.7. The van der Waals surface area contributed by atoms with E-state index in [4.69, 9.17) is 4.42 Å². The minimum absolute atomic E-state index is 0.574. The molecule has 0 spiro atoms. The molecule has 14 rings (SSSR count). The molecular formula is C67H43NO.